The van der Waals surface area contributed by atoms with Gasteiger partial charge < -0.3 is 20.2 Å². The highest BCUT2D eigenvalue weighted by Crippen LogP contribution is 2.35. The lowest BCUT2D eigenvalue weighted by molar-refractivity contribution is -0.110. The zero-order chi connectivity index (χ0) is 16.5. The van der Waals surface area contributed by atoms with Gasteiger partial charge in [-0.15, -0.1) is 0 Å². The number of amides is 1. The molecule has 5 nitrogen and oxygen atoms in total. The first-order chi connectivity index (χ1) is 11.7. The third-order valence-electron chi connectivity index (χ3n) is 3.86. The van der Waals surface area contributed by atoms with Crippen LogP contribution in [0.3, 0.4) is 0 Å². The molecule has 0 atom stereocenters. The zero-order valence-electron chi connectivity index (χ0n) is 12.6. The molecule has 1 aliphatic rings. The van der Waals surface area contributed by atoms with E-state index < -0.39 is 0 Å². The minimum atomic E-state index is -0.159. The maximum atomic E-state index is 12.2. The van der Waals surface area contributed by atoms with Gasteiger partial charge in [0, 0.05) is 28.7 Å². The summed E-state index contributed by atoms with van der Waals surface area (Å²) in [6.07, 6.45) is 3.29. The number of phenols is 1. The second-order valence-electron chi connectivity index (χ2n) is 5.44. The van der Waals surface area contributed by atoms with Crippen LogP contribution in [-0.2, 0) is 4.79 Å². The molecule has 0 fully saturated rings. The summed E-state index contributed by atoms with van der Waals surface area (Å²) in [4.78, 5) is 12.2. The number of benzene rings is 2. The SMILES string of the molecule is O=C1Nc2cc(-c3ccco3)ccc2C1=CNc1ccc(O)cc1. The standard InChI is InChI=1S/C19H14N2O3/c22-14-6-4-13(5-7-14)20-11-16-15-8-3-12(18-2-1-9-24-18)10-17(15)21-19(16)23/h1-11,20,22H,(H,21,23). The quantitative estimate of drug-likeness (QED) is 0.503. The molecule has 0 bridgehead atoms. The van der Waals surface area contributed by atoms with Crippen LogP contribution in [0, 0.1) is 0 Å². The highest BCUT2D eigenvalue weighted by molar-refractivity contribution is 6.31. The Bertz CT molecular complexity index is 926. The van der Waals surface area contributed by atoms with Crippen LogP contribution in [-0.4, -0.2) is 11.0 Å². The number of anilines is 2. The van der Waals surface area contributed by atoms with Gasteiger partial charge >= 0.3 is 0 Å². The summed E-state index contributed by atoms with van der Waals surface area (Å²) in [6, 6.07) is 16.1. The van der Waals surface area contributed by atoms with Crippen LogP contribution in [0.1, 0.15) is 5.56 Å². The average Bonchev–Trinajstić information content (AvgIpc) is 3.21. The van der Waals surface area contributed by atoms with E-state index >= 15 is 0 Å². The Hall–Kier alpha value is -3.47. The summed E-state index contributed by atoms with van der Waals surface area (Å²) < 4.78 is 5.39. The molecule has 0 saturated heterocycles. The zero-order valence-corrected chi connectivity index (χ0v) is 12.6. The maximum Gasteiger partial charge on any atom is 0.257 e. The summed E-state index contributed by atoms with van der Waals surface area (Å²) in [6.45, 7) is 0. The van der Waals surface area contributed by atoms with Crippen LogP contribution in [0.2, 0.25) is 0 Å². The molecular weight excluding hydrogens is 304 g/mol. The number of furan rings is 1. The molecule has 0 radical (unpaired) electrons. The average molecular weight is 318 g/mol. The molecule has 118 valence electrons. The fourth-order valence-corrected chi connectivity index (χ4v) is 2.65. The fraction of sp³-hybridized carbons (Fsp3) is 0. The van der Waals surface area contributed by atoms with Crippen molar-refractivity contribution in [2.45, 2.75) is 0 Å². The topological polar surface area (TPSA) is 74.5 Å². The molecule has 3 aromatic rings. The molecular formula is C19H14N2O3. The fourth-order valence-electron chi connectivity index (χ4n) is 2.65. The van der Waals surface area contributed by atoms with Gasteiger partial charge in [0.05, 0.1) is 11.8 Å². The molecule has 0 saturated carbocycles. The van der Waals surface area contributed by atoms with Crippen LogP contribution in [0.4, 0.5) is 11.4 Å². The Kier molecular flexibility index (Phi) is 3.31. The molecule has 1 aromatic heterocycles. The first-order valence-electron chi connectivity index (χ1n) is 7.46. The number of hydrogen-bond acceptors (Lipinski definition) is 4. The Labute approximate surface area is 138 Å². The molecule has 2 aromatic carbocycles. The van der Waals surface area contributed by atoms with Crippen LogP contribution in [0.5, 0.6) is 5.75 Å². The van der Waals surface area contributed by atoms with E-state index in [4.69, 9.17) is 4.42 Å². The summed E-state index contributed by atoms with van der Waals surface area (Å²) in [5, 5.41) is 15.2. The number of rotatable bonds is 3. The number of carbonyl (C=O) groups is 1. The van der Waals surface area contributed by atoms with Gasteiger partial charge in [-0.2, -0.15) is 0 Å². The van der Waals surface area contributed by atoms with Crippen molar-refractivity contribution in [3.63, 3.8) is 0 Å². The molecule has 24 heavy (non-hydrogen) atoms. The van der Waals surface area contributed by atoms with Crippen LogP contribution in [0.25, 0.3) is 16.9 Å². The van der Waals surface area contributed by atoms with E-state index in [2.05, 4.69) is 10.6 Å². The van der Waals surface area contributed by atoms with Crippen molar-refractivity contribution >= 4 is 22.9 Å². The lowest BCUT2D eigenvalue weighted by atomic mass is 10.0. The summed E-state index contributed by atoms with van der Waals surface area (Å²) >= 11 is 0. The Balaban J connectivity index is 1.63. The summed E-state index contributed by atoms with van der Waals surface area (Å²) in [5.74, 6) is 0.794. The van der Waals surface area contributed by atoms with Crippen LogP contribution >= 0.6 is 0 Å². The second-order valence-corrected chi connectivity index (χ2v) is 5.44. The van der Waals surface area contributed by atoms with Gasteiger partial charge in [-0.1, -0.05) is 12.1 Å². The van der Waals surface area contributed by atoms with E-state index in [9.17, 15) is 9.90 Å². The van der Waals surface area contributed by atoms with E-state index in [-0.39, 0.29) is 11.7 Å². The van der Waals surface area contributed by atoms with Crippen molar-refractivity contribution < 1.29 is 14.3 Å². The number of carbonyl (C=O) groups excluding carboxylic acids is 1. The number of aromatic hydroxyl groups is 1. The Morgan fingerprint density at radius 3 is 2.67 bits per heavy atom. The largest absolute Gasteiger partial charge is 0.508 e. The van der Waals surface area contributed by atoms with Crippen molar-refractivity contribution in [1.82, 2.24) is 0 Å². The van der Waals surface area contributed by atoms with Gasteiger partial charge in [0.2, 0.25) is 0 Å². The Morgan fingerprint density at radius 1 is 1.08 bits per heavy atom. The number of fused-ring (bicyclic) bond motifs is 1. The molecule has 3 N–H and O–H groups in total. The van der Waals surface area contributed by atoms with Gasteiger partial charge in [-0.05, 0) is 42.5 Å². The van der Waals surface area contributed by atoms with Gasteiger partial charge in [-0.3, -0.25) is 4.79 Å². The minimum Gasteiger partial charge on any atom is -0.508 e. The predicted octanol–water partition coefficient (Wildman–Crippen LogP) is 4.06. The highest BCUT2D eigenvalue weighted by Gasteiger charge is 2.24. The lowest BCUT2D eigenvalue weighted by Crippen LogP contribution is -2.05. The lowest BCUT2D eigenvalue weighted by Gasteiger charge is -2.03. The van der Waals surface area contributed by atoms with Gasteiger partial charge in [0.1, 0.15) is 11.5 Å². The molecule has 0 aliphatic carbocycles. The first kappa shape index (κ1) is 14.1. The first-order valence-corrected chi connectivity index (χ1v) is 7.46. The summed E-state index contributed by atoms with van der Waals surface area (Å²) in [5.41, 5.74) is 3.85. The van der Waals surface area contributed by atoms with Crippen molar-refractivity contribution in [3.8, 4) is 17.1 Å². The van der Waals surface area contributed by atoms with Gasteiger partial charge in [0.25, 0.3) is 5.91 Å². The van der Waals surface area contributed by atoms with E-state index in [1.54, 1.807) is 36.7 Å². The predicted molar refractivity (Wildman–Crippen MR) is 92.5 cm³/mol. The second kappa shape index (κ2) is 5.62. The van der Waals surface area contributed by atoms with E-state index in [0.717, 1.165) is 28.3 Å². The van der Waals surface area contributed by atoms with Gasteiger partial charge in [-0.25, -0.2) is 0 Å². The van der Waals surface area contributed by atoms with Crippen molar-refractivity contribution in [2.24, 2.45) is 0 Å². The molecule has 2 heterocycles. The number of nitrogens with one attached hydrogen (secondary N) is 2. The number of phenolic OH excluding ortho intramolecular Hbond substituents is 1. The van der Waals surface area contributed by atoms with Gasteiger partial charge in [0.15, 0.2) is 0 Å². The number of hydrogen-bond donors (Lipinski definition) is 3. The molecule has 4 rings (SSSR count). The van der Waals surface area contributed by atoms with Crippen molar-refractivity contribution in [1.29, 1.82) is 0 Å². The van der Waals surface area contributed by atoms with E-state index in [1.807, 2.05) is 30.3 Å². The minimum absolute atomic E-state index is 0.159. The molecule has 1 amide bonds. The third kappa shape index (κ3) is 2.52. The molecule has 1 aliphatic heterocycles. The molecule has 5 heteroatoms. The third-order valence-corrected chi connectivity index (χ3v) is 3.86. The summed E-state index contributed by atoms with van der Waals surface area (Å²) in [7, 11) is 0. The van der Waals surface area contributed by atoms with Crippen molar-refractivity contribution in [2.75, 3.05) is 10.6 Å². The van der Waals surface area contributed by atoms with E-state index in [1.165, 1.54) is 0 Å². The molecule has 0 spiro atoms. The molecule has 0 unspecified atom stereocenters. The highest BCUT2D eigenvalue weighted by atomic mass is 16.3. The maximum absolute atomic E-state index is 12.2. The monoisotopic (exact) mass is 318 g/mol. The van der Waals surface area contributed by atoms with Crippen LogP contribution < -0.4 is 10.6 Å². The smallest absolute Gasteiger partial charge is 0.257 e. The van der Waals surface area contributed by atoms with E-state index in [0.29, 0.717) is 5.57 Å². The normalized spacial score (nSPS) is 14.5. The van der Waals surface area contributed by atoms with Crippen LogP contribution in [0.15, 0.2) is 71.5 Å². The van der Waals surface area contributed by atoms with Crippen molar-refractivity contribution in [3.05, 3.63) is 72.6 Å². The Morgan fingerprint density at radius 2 is 1.92 bits per heavy atom.